The van der Waals surface area contributed by atoms with Gasteiger partial charge in [0.15, 0.2) is 19.4 Å². The summed E-state index contributed by atoms with van der Waals surface area (Å²) < 4.78 is 14.8. The summed E-state index contributed by atoms with van der Waals surface area (Å²) >= 11 is 3.53. The van der Waals surface area contributed by atoms with Gasteiger partial charge in [-0.2, -0.15) is 0 Å². The Bertz CT molecular complexity index is 1100. The second-order valence-corrected chi connectivity index (χ2v) is 14.9. The molecule has 3 aromatic rings. The van der Waals surface area contributed by atoms with Crippen molar-refractivity contribution in [1.29, 1.82) is 0 Å². The van der Waals surface area contributed by atoms with E-state index in [2.05, 4.69) is 54.8 Å². The van der Waals surface area contributed by atoms with Gasteiger partial charge in [0.25, 0.3) is 5.56 Å². The average Bonchev–Trinajstić information content (AvgIpc) is 3.09. The predicted octanol–water partition coefficient (Wildman–Crippen LogP) is 6.53. The molecule has 0 atom stereocenters. The fraction of sp³-hybridized carbons (Fsp3) is 0.478. The Labute approximate surface area is 187 Å². The number of oxazole rings is 1. The number of hydrogen-bond acceptors (Lipinski definition) is 4. The van der Waals surface area contributed by atoms with E-state index in [0.717, 1.165) is 35.0 Å². The van der Waals surface area contributed by atoms with Gasteiger partial charge in [0, 0.05) is 29.4 Å². The highest BCUT2D eigenvalue weighted by molar-refractivity contribution is 9.10. The molecule has 0 fully saturated rings. The summed E-state index contributed by atoms with van der Waals surface area (Å²) in [4.78, 5) is 17.4. The molecule has 5 nitrogen and oxygen atoms in total. The summed E-state index contributed by atoms with van der Waals surface area (Å²) in [5.41, 5.74) is 2.71. The first-order valence-electron chi connectivity index (χ1n) is 10.4. The average molecular weight is 492 g/mol. The normalized spacial score (nSPS) is 12.6. The number of rotatable bonds is 7. The Kier molecular flexibility index (Phi) is 6.74. The zero-order valence-corrected chi connectivity index (χ0v) is 21.3. The molecule has 3 rings (SSSR count). The van der Waals surface area contributed by atoms with Crippen LogP contribution in [0.25, 0.3) is 22.6 Å². The lowest BCUT2D eigenvalue weighted by molar-refractivity contribution is 0.276. The quantitative estimate of drug-likeness (QED) is 0.279. The van der Waals surface area contributed by atoms with E-state index in [9.17, 15) is 4.79 Å². The Morgan fingerprint density at radius 2 is 1.93 bits per heavy atom. The smallest absolute Gasteiger partial charge is 0.280 e. The predicted molar refractivity (Wildman–Crippen MR) is 129 cm³/mol. The van der Waals surface area contributed by atoms with Crippen LogP contribution in [0.3, 0.4) is 0 Å². The second-order valence-electron chi connectivity index (χ2n) is 9.27. The highest BCUT2D eigenvalue weighted by atomic mass is 79.9. The zero-order chi connectivity index (χ0) is 22.1. The first-order chi connectivity index (χ1) is 14.0. The number of hydrogen-bond donors (Lipinski definition) is 0. The third kappa shape index (κ3) is 4.79. The first-order valence-corrected chi connectivity index (χ1v) is 14.1. The molecular weight excluding hydrogens is 460 g/mol. The number of aryl methyl sites for hydroxylation is 1. The third-order valence-corrected chi connectivity index (χ3v) is 11.5. The molecule has 1 aromatic carbocycles. The van der Waals surface area contributed by atoms with Crippen molar-refractivity contribution >= 4 is 35.3 Å². The fourth-order valence-electron chi connectivity index (χ4n) is 3.02. The number of fused-ring (bicyclic) bond motifs is 1. The van der Waals surface area contributed by atoms with Crippen molar-refractivity contribution in [3.05, 3.63) is 50.9 Å². The van der Waals surface area contributed by atoms with E-state index in [0.29, 0.717) is 23.5 Å². The number of nitrogens with zero attached hydrogens (tertiary/aromatic N) is 2. The molecule has 0 unspecified atom stereocenters. The summed E-state index contributed by atoms with van der Waals surface area (Å²) in [6.07, 6.45) is 3.61. The van der Waals surface area contributed by atoms with Crippen LogP contribution in [-0.2, 0) is 11.0 Å². The largest absolute Gasteiger partial charge is 0.436 e. The number of aromatic nitrogens is 2. The van der Waals surface area contributed by atoms with Crippen molar-refractivity contribution in [2.24, 2.45) is 0 Å². The van der Waals surface area contributed by atoms with Gasteiger partial charge in [-0.3, -0.25) is 4.79 Å². The minimum absolute atomic E-state index is 0.111. The van der Waals surface area contributed by atoms with Gasteiger partial charge in [-0.25, -0.2) is 4.98 Å². The van der Waals surface area contributed by atoms with Crippen LogP contribution < -0.4 is 5.56 Å². The number of halogens is 1. The van der Waals surface area contributed by atoms with E-state index in [1.165, 1.54) is 0 Å². The fourth-order valence-corrected chi connectivity index (χ4v) is 4.47. The van der Waals surface area contributed by atoms with E-state index >= 15 is 0 Å². The topological polar surface area (TPSA) is 57.3 Å². The number of benzene rings is 1. The highest BCUT2D eigenvalue weighted by Crippen LogP contribution is 2.36. The molecule has 0 amide bonds. The van der Waals surface area contributed by atoms with Crippen LogP contribution in [-0.4, -0.2) is 24.5 Å². The first kappa shape index (κ1) is 23.0. The molecule has 162 valence electrons. The molecule has 0 bridgehead atoms. The van der Waals surface area contributed by atoms with Crippen molar-refractivity contribution in [3.63, 3.8) is 0 Å². The highest BCUT2D eigenvalue weighted by Gasteiger charge is 2.36. The van der Waals surface area contributed by atoms with E-state index in [1.54, 1.807) is 10.8 Å². The molecular formula is C23H31BrN2O3Si. The molecule has 30 heavy (non-hydrogen) atoms. The molecule has 0 N–H and O–H groups in total. The zero-order valence-electron chi connectivity index (χ0n) is 18.7. The number of pyridine rings is 1. The second kappa shape index (κ2) is 8.81. The maximum atomic E-state index is 12.9. The molecule has 7 heteroatoms. The summed E-state index contributed by atoms with van der Waals surface area (Å²) in [6.45, 7) is 14.7. The molecule has 2 heterocycles. The van der Waals surface area contributed by atoms with Gasteiger partial charge in [0.2, 0.25) is 5.89 Å². The lowest BCUT2D eigenvalue weighted by Gasteiger charge is -2.36. The van der Waals surface area contributed by atoms with Gasteiger partial charge >= 0.3 is 0 Å². The minimum Gasteiger partial charge on any atom is -0.436 e. The van der Waals surface area contributed by atoms with Crippen LogP contribution >= 0.6 is 15.9 Å². The van der Waals surface area contributed by atoms with Gasteiger partial charge in [0.05, 0.1) is 0 Å². The SMILES string of the molecule is Cc1c(Br)cccc1-c1nc2c(=O)n(CCCCO[Si](C)(C)C(C)(C)C)ccc2o1. The van der Waals surface area contributed by atoms with Crippen LogP contribution in [0.1, 0.15) is 39.2 Å². The Balaban J connectivity index is 1.69. The van der Waals surface area contributed by atoms with Gasteiger partial charge in [-0.1, -0.05) is 42.8 Å². The van der Waals surface area contributed by atoms with Crippen molar-refractivity contribution in [1.82, 2.24) is 9.55 Å². The maximum absolute atomic E-state index is 12.9. The molecule has 0 radical (unpaired) electrons. The van der Waals surface area contributed by atoms with Crippen LogP contribution in [0, 0.1) is 6.92 Å². The van der Waals surface area contributed by atoms with Gasteiger partial charge < -0.3 is 13.4 Å². The van der Waals surface area contributed by atoms with Crippen LogP contribution in [0.2, 0.25) is 18.1 Å². The molecule has 0 saturated heterocycles. The Hall–Kier alpha value is -1.70. The van der Waals surface area contributed by atoms with Crippen LogP contribution in [0.4, 0.5) is 0 Å². The van der Waals surface area contributed by atoms with Gasteiger partial charge in [-0.15, -0.1) is 0 Å². The molecule has 2 aromatic heterocycles. The van der Waals surface area contributed by atoms with Crippen molar-refractivity contribution in [3.8, 4) is 11.5 Å². The van der Waals surface area contributed by atoms with E-state index < -0.39 is 8.32 Å². The Morgan fingerprint density at radius 1 is 1.20 bits per heavy atom. The van der Waals surface area contributed by atoms with E-state index in [-0.39, 0.29) is 10.6 Å². The molecule has 0 aliphatic heterocycles. The van der Waals surface area contributed by atoms with Gasteiger partial charge in [-0.05, 0) is 61.7 Å². The maximum Gasteiger partial charge on any atom is 0.280 e. The number of unbranched alkanes of at least 4 members (excludes halogenated alkanes) is 1. The summed E-state index contributed by atoms with van der Waals surface area (Å²) in [5.74, 6) is 0.474. The lowest BCUT2D eigenvalue weighted by Crippen LogP contribution is -2.41. The van der Waals surface area contributed by atoms with Crippen LogP contribution in [0.15, 0.2) is 44.1 Å². The van der Waals surface area contributed by atoms with Crippen molar-refractivity contribution in [2.75, 3.05) is 6.61 Å². The standard InChI is InChI=1S/C23H31BrN2O3Si/c1-16-17(10-9-11-18(16)24)21-25-20-19(29-21)12-14-26(22(20)27)13-7-8-15-28-30(5,6)23(2,3)4/h9-12,14H,7-8,13,15H2,1-6H3. The summed E-state index contributed by atoms with van der Waals surface area (Å²) in [5, 5.41) is 0.215. The van der Waals surface area contributed by atoms with Crippen molar-refractivity contribution in [2.45, 2.75) is 65.2 Å². The molecule has 0 spiro atoms. The monoisotopic (exact) mass is 490 g/mol. The minimum atomic E-state index is -1.71. The molecule has 0 aliphatic rings. The van der Waals surface area contributed by atoms with E-state index in [1.807, 2.05) is 31.2 Å². The van der Waals surface area contributed by atoms with Gasteiger partial charge in [0.1, 0.15) is 0 Å². The van der Waals surface area contributed by atoms with Crippen molar-refractivity contribution < 1.29 is 8.84 Å². The Morgan fingerprint density at radius 3 is 2.63 bits per heavy atom. The third-order valence-electron chi connectivity index (χ3n) is 6.08. The summed E-state index contributed by atoms with van der Waals surface area (Å²) in [7, 11) is -1.71. The van der Waals surface area contributed by atoms with Crippen LogP contribution in [0.5, 0.6) is 0 Å². The molecule has 0 saturated carbocycles. The van der Waals surface area contributed by atoms with E-state index in [4.69, 9.17) is 8.84 Å². The lowest BCUT2D eigenvalue weighted by atomic mass is 10.1. The molecule has 0 aliphatic carbocycles. The summed E-state index contributed by atoms with van der Waals surface area (Å²) in [6, 6.07) is 7.69.